The second kappa shape index (κ2) is 6.27. The molecular weight excluding hydrogens is 276 g/mol. The molecule has 1 aromatic carbocycles. The Bertz CT molecular complexity index is 516. The minimum absolute atomic E-state index is 0.0536. The summed E-state index contributed by atoms with van der Waals surface area (Å²) in [4.78, 5) is 25.6. The first kappa shape index (κ1) is 14.9. The number of benzene rings is 1. The second-order valence-electron chi connectivity index (χ2n) is 5.35. The fraction of sp³-hybridized carbons (Fsp3) is 0.467. The number of nitrogens with zero attached hydrogens (tertiary/aromatic N) is 1. The number of likely N-dealkylation sites (tertiary alicyclic amines) is 1. The summed E-state index contributed by atoms with van der Waals surface area (Å²) < 4.78 is 0. The average molecular weight is 295 g/mol. The van der Waals surface area contributed by atoms with Gasteiger partial charge in [-0.3, -0.25) is 9.59 Å². The summed E-state index contributed by atoms with van der Waals surface area (Å²) in [7, 11) is 0. The third-order valence-corrected chi connectivity index (χ3v) is 3.93. The second-order valence-corrected chi connectivity index (χ2v) is 5.76. The van der Waals surface area contributed by atoms with Gasteiger partial charge in [-0.25, -0.2) is 0 Å². The lowest BCUT2D eigenvalue weighted by atomic mass is 10.1. The predicted octanol–water partition coefficient (Wildman–Crippen LogP) is 2.21. The highest BCUT2D eigenvalue weighted by Gasteiger charge is 2.35. The van der Waals surface area contributed by atoms with Gasteiger partial charge in [-0.15, -0.1) is 0 Å². The van der Waals surface area contributed by atoms with Gasteiger partial charge in [0.25, 0.3) is 0 Å². The maximum atomic E-state index is 12.1. The van der Waals surface area contributed by atoms with Crippen molar-refractivity contribution in [2.75, 3.05) is 6.54 Å². The molecule has 0 aliphatic carbocycles. The predicted molar refractivity (Wildman–Crippen MR) is 78.3 cm³/mol. The van der Waals surface area contributed by atoms with Crippen LogP contribution in [0, 0.1) is 5.92 Å². The topological polar surface area (TPSA) is 49.4 Å². The molecule has 1 atom stereocenters. The van der Waals surface area contributed by atoms with Gasteiger partial charge in [0.2, 0.25) is 11.8 Å². The van der Waals surface area contributed by atoms with Crippen LogP contribution in [0.1, 0.15) is 25.8 Å². The molecule has 1 heterocycles. The van der Waals surface area contributed by atoms with E-state index in [1.165, 1.54) is 0 Å². The zero-order valence-electron chi connectivity index (χ0n) is 11.7. The standard InChI is InChI=1S/C15H19ClN2O2/c1-10(2)18-9-12(7-14(18)19)15(20)17-8-11-5-3-4-6-13(11)16/h3-6,10,12H,7-9H2,1-2H3,(H,17,20)/t12-/m0/s1. The van der Waals surface area contributed by atoms with Crippen LogP contribution in [0.2, 0.25) is 5.02 Å². The van der Waals surface area contributed by atoms with E-state index in [0.717, 1.165) is 5.56 Å². The van der Waals surface area contributed by atoms with Gasteiger partial charge in [-0.2, -0.15) is 0 Å². The molecule has 0 radical (unpaired) electrons. The first-order valence-corrected chi connectivity index (χ1v) is 7.17. The molecule has 0 bridgehead atoms. The first-order chi connectivity index (χ1) is 9.49. The summed E-state index contributed by atoms with van der Waals surface area (Å²) in [5.41, 5.74) is 0.882. The van der Waals surface area contributed by atoms with E-state index in [9.17, 15) is 9.59 Å². The lowest BCUT2D eigenvalue weighted by molar-refractivity contribution is -0.129. The van der Waals surface area contributed by atoms with E-state index < -0.39 is 0 Å². The number of hydrogen-bond acceptors (Lipinski definition) is 2. The minimum atomic E-state index is -0.257. The van der Waals surface area contributed by atoms with Crippen molar-refractivity contribution in [3.8, 4) is 0 Å². The van der Waals surface area contributed by atoms with Crippen molar-refractivity contribution < 1.29 is 9.59 Å². The van der Waals surface area contributed by atoms with E-state index >= 15 is 0 Å². The number of carbonyl (C=O) groups is 2. The Balaban J connectivity index is 1.91. The van der Waals surface area contributed by atoms with Gasteiger partial charge >= 0.3 is 0 Å². The van der Waals surface area contributed by atoms with Crippen LogP contribution in [0.5, 0.6) is 0 Å². The zero-order chi connectivity index (χ0) is 14.7. The molecule has 108 valence electrons. The molecule has 1 saturated heterocycles. The molecule has 1 aromatic rings. The monoisotopic (exact) mass is 294 g/mol. The summed E-state index contributed by atoms with van der Waals surface area (Å²) in [6.45, 7) is 4.82. The molecule has 20 heavy (non-hydrogen) atoms. The van der Waals surface area contributed by atoms with Crippen molar-refractivity contribution in [2.45, 2.75) is 32.9 Å². The summed E-state index contributed by atoms with van der Waals surface area (Å²) >= 11 is 6.04. The van der Waals surface area contributed by atoms with E-state index in [1.807, 2.05) is 32.0 Å². The summed E-state index contributed by atoms with van der Waals surface area (Å²) in [6.07, 6.45) is 0.298. The quantitative estimate of drug-likeness (QED) is 0.925. The third-order valence-electron chi connectivity index (χ3n) is 3.56. The van der Waals surface area contributed by atoms with Gasteiger partial charge < -0.3 is 10.2 Å². The van der Waals surface area contributed by atoms with Crippen LogP contribution in [-0.4, -0.2) is 29.3 Å². The van der Waals surface area contributed by atoms with E-state index in [0.29, 0.717) is 24.5 Å². The smallest absolute Gasteiger partial charge is 0.225 e. The van der Waals surface area contributed by atoms with Crippen molar-refractivity contribution in [2.24, 2.45) is 5.92 Å². The highest BCUT2D eigenvalue weighted by molar-refractivity contribution is 6.31. The van der Waals surface area contributed by atoms with E-state index in [1.54, 1.807) is 11.0 Å². The Morgan fingerprint density at radius 1 is 1.45 bits per heavy atom. The van der Waals surface area contributed by atoms with E-state index in [-0.39, 0.29) is 23.8 Å². The van der Waals surface area contributed by atoms with Crippen LogP contribution in [0.4, 0.5) is 0 Å². The van der Waals surface area contributed by atoms with Gasteiger partial charge in [0.05, 0.1) is 5.92 Å². The van der Waals surface area contributed by atoms with Crippen molar-refractivity contribution in [3.63, 3.8) is 0 Å². The summed E-state index contributed by atoms with van der Waals surface area (Å²) in [5.74, 6) is -0.285. The molecule has 0 spiro atoms. The van der Waals surface area contributed by atoms with Crippen LogP contribution in [0.3, 0.4) is 0 Å². The van der Waals surface area contributed by atoms with Crippen molar-refractivity contribution in [1.82, 2.24) is 10.2 Å². The highest BCUT2D eigenvalue weighted by atomic mass is 35.5. The number of rotatable bonds is 4. The molecule has 4 nitrogen and oxygen atoms in total. The molecule has 1 N–H and O–H groups in total. The molecule has 5 heteroatoms. The normalized spacial score (nSPS) is 18.7. The number of amides is 2. The molecule has 2 rings (SSSR count). The fourth-order valence-corrected chi connectivity index (χ4v) is 2.58. The summed E-state index contributed by atoms with van der Waals surface area (Å²) in [5, 5.41) is 3.50. The van der Waals surface area contributed by atoms with Crippen LogP contribution < -0.4 is 5.32 Å². The highest BCUT2D eigenvalue weighted by Crippen LogP contribution is 2.21. The van der Waals surface area contributed by atoms with Gasteiger partial charge in [0.15, 0.2) is 0 Å². The molecule has 2 amide bonds. The van der Waals surface area contributed by atoms with Gasteiger partial charge in [0, 0.05) is 30.6 Å². The SMILES string of the molecule is CC(C)N1C[C@@H](C(=O)NCc2ccccc2Cl)CC1=O. The number of nitrogens with one attached hydrogen (secondary N) is 1. The Morgan fingerprint density at radius 2 is 2.15 bits per heavy atom. The van der Waals surface area contributed by atoms with Crippen molar-refractivity contribution in [1.29, 1.82) is 0 Å². The van der Waals surface area contributed by atoms with Crippen LogP contribution in [0.25, 0.3) is 0 Å². The number of carbonyl (C=O) groups excluding carboxylic acids is 2. The maximum Gasteiger partial charge on any atom is 0.225 e. The van der Waals surface area contributed by atoms with Crippen LogP contribution in [-0.2, 0) is 16.1 Å². The van der Waals surface area contributed by atoms with Crippen molar-refractivity contribution >= 4 is 23.4 Å². The molecule has 0 unspecified atom stereocenters. The first-order valence-electron chi connectivity index (χ1n) is 6.79. The maximum absolute atomic E-state index is 12.1. The van der Waals surface area contributed by atoms with Crippen molar-refractivity contribution in [3.05, 3.63) is 34.9 Å². The Labute approximate surface area is 124 Å². The Kier molecular flexibility index (Phi) is 4.65. The van der Waals surface area contributed by atoms with Gasteiger partial charge in [-0.1, -0.05) is 29.8 Å². The molecule has 1 fully saturated rings. The lowest BCUT2D eigenvalue weighted by Crippen LogP contribution is -2.35. The Hall–Kier alpha value is -1.55. The zero-order valence-corrected chi connectivity index (χ0v) is 12.5. The number of halogens is 1. The third kappa shape index (κ3) is 3.31. The van der Waals surface area contributed by atoms with E-state index in [4.69, 9.17) is 11.6 Å². The largest absolute Gasteiger partial charge is 0.352 e. The Morgan fingerprint density at radius 3 is 2.75 bits per heavy atom. The van der Waals surface area contributed by atoms with Gasteiger partial charge in [0.1, 0.15) is 0 Å². The number of hydrogen-bond donors (Lipinski definition) is 1. The summed E-state index contributed by atoms with van der Waals surface area (Å²) in [6, 6.07) is 7.55. The molecule has 1 aliphatic heterocycles. The molecule has 1 aliphatic rings. The van der Waals surface area contributed by atoms with E-state index in [2.05, 4.69) is 5.32 Å². The minimum Gasteiger partial charge on any atom is -0.352 e. The average Bonchev–Trinajstić information content (AvgIpc) is 2.80. The molecule has 0 saturated carbocycles. The van der Waals surface area contributed by atoms with Crippen LogP contribution >= 0.6 is 11.6 Å². The molecule has 0 aromatic heterocycles. The fourth-order valence-electron chi connectivity index (χ4n) is 2.37. The van der Waals surface area contributed by atoms with Gasteiger partial charge in [-0.05, 0) is 25.5 Å². The van der Waals surface area contributed by atoms with Crippen LogP contribution in [0.15, 0.2) is 24.3 Å². The molecular formula is C15H19ClN2O2. The lowest BCUT2D eigenvalue weighted by Gasteiger charge is -2.20.